The Morgan fingerprint density at radius 2 is 1.71 bits per heavy atom. The van der Waals surface area contributed by atoms with Crippen molar-refractivity contribution in [3.05, 3.63) is 52.0 Å². The highest BCUT2D eigenvalue weighted by molar-refractivity contribution is 6.38. The number of halogens is 2. The second-order valence-electron chi connectivity index (χ2n) is 4.63. The number of methoxy groups -OCH3 is 1. The summed E-state index contributed by atoms with van der Waals surface area (Å²) in [5, 5.41) is 11.6. The van der Waals surface area contributed by atoms with Gasteiger partial charge in [0.05, 0.1) is 28.4 Å². The average molecular weight is 370 g/mol. The summed E-state index contributed by atoms with van der Waals surface area (Å²) in [5.74, 6) is -0.562. The fourth-order valence-corrected chi connectivity index (χ4v) is 2.33. The summed E-state index contributed by atoms with van der Waals surface area (Å²) in [5.41, 5.74) is -0.0192. The van der Waals surface area contributed by atoms with Crippen molar-refractivity contribution in [2.24, 2.45) is 0 Å². The molecule has 0 fully saturated rings. The molecule has 24 heavy (non-hydrogen) atoms. The van der Waals surface area contributed by atoms with Gasteiger partial charge in [-0.3, -0.25) is 4.79 Å². The van der Waals surface area contributed by atoms with E-state index >= 15 is 0 Å². The molecule has 0 heterocycles. The van der Waals surface area contributed by atoms with Crippen LogP contribution in [-0.4, -0.2) is 30.7 Å². The predicted molar refractivity (Wildman–Crippen MR) is 90.5 cm³/mol. The molecule has 0 aromatic heterocycles. The van der Waals surface area contributed by atoms with Gasteiger partial charge in [0.1, 0.15) is 11.5 Å². The molecule has 0 aliphatic carbocycles. The average Bonchev–Trinajstić information content (AvgIpc) is 2.55. The van der Waals surface area contributed by atoms with E-state index in [0.717, 1.165) is 0 Å². The number of carbonyl (C=O) groups is 2. The summed E-state index contributed by atoms with van der Waals surface area (Å²) in [6, 6.07) is 9.16. The van der Waals surface area contributed by atoms with Crippen LogP contribution in [-0.2, 0) is 4.79 Å². The molecular weight excluding hydrogens is 357 g/mol. The second kappa shape index (κ2) is 7.90. The lowest BCUT2D eigenvalue weighted by Crippen LogP contribution is -2.20. The van der Waals surface area contributed by atoms with E-state index in [9.17, 15) is 9.59 Å². The quantitative estimate of drug-likeness (QED) is 0.810. The minimum atomic E-state index is -1.22. The Balaban J connectivity index is 2.01. The molecule has 0 atom stereocenters. The Hall–Kier alpha value is -2.44. The largest absolute Gasteiger partial charge is 0.497 e. The molecule has 0 radical (unpaired) electrons. The van der Waals surface area contributed by atoms with Gasteiger partial charge < -0.3 is 19.9 Å². The van der Waals surface area contributed by atoms with Crippen LogP contribution in [0.15, 0.2) is 36.4 Å². The second-order valence-corrected chi connectivity index (χ2v) is 5.44. The maximum Gasteiger partial charge on any atom is 0.337 e. The Morgan fingerprint density at radius 3 is 2.29 bits per heavy atom. The molecule has 0 saturated heterocycles. The number of benzene rings is 2. The lowest BCUT2D eigenvalue weighted by molar-refractivity contribution is -0.118. The van der Waals surface area contributed by atoms with Crippen LogP contribution in [0.1, 0.15) is 10.4 Å². The van der Waals surface area contributed by atoms with Crippen LogP contribution < -0.4 is 14.8 Å². The Kier molecular flexibility index (Phi) is 5.89. The van der Waals surface area contributed by atoms with Gasteiger partial charge in [-0.25, -0.2) is 4.79 Å². The molecule has 2 N–H and O–H groups in total. The highest BCUT2D eigenvalue weighted by Gasteiger charge is 2.15. The number of amides is 1. The SMILES string of the molecule is COc1ccc(OCC(=O)Nc2cc(C(=O)O)c(Cl)cc2Cl)cc1. The molecule has 0 spiro atoms. The van der Waals surface area contributed by atoms with Crippen LogP contribution in [0.2, 0.25) is 10.0 Å². The minimum absolute atomic E-state index is 0.0139. The molecule has 0 aliphatic rings. The summed E-state index contributed by atoms with van der Waals surface area (Å²) >= 11 is 11.7. The van der Waals surface area contributed by atoms with Crippen molar-refractivity contribution >= 4 is 40.8 Å². The van der Waals surface area contributed by atoms with Crippen molar-refractivity contribution in [3.8, 4) is 11.5 Å². The molecule has 2 rings (SSSR count). The molecule has 2 aromatic carbocycles. The van der Waals surface area contributed by atoms with Gasteiger partial charge >= 0.3 is 5.97 Å². The molecule has 0 unspecified atom stereocenters. The number of nitrogens with one attached hydrogen (secondary N) is 1. The van der Waals surface area contributed by atoms with Crippen LogP contribution in [0.25, 0.3) is 0 Å². The van der Waals surface area contributed by atoms with Gasteiger partial charge in [0, 0.05) is 0 Å². The Labute approximate surface area is 147 Å². The summed E-state index contributed by atoms with van der Waals surface area (Å²) in [4.78, 5) is 23.0. The first-order chi connectivity index (χ1) is 11.4. The molecule has 0 aliphatic heterocycles. The number of carboxylic acids is 1. The van der Waals surface area contributed by atoms with E-state index < -0.39 is 11.9 Å². The number of anilines is 1. The maximum atomic E-state index is 11.9. The van der Waals surface area contributed by atoms with Crippen molar-refractivity contribution in [3.63, 3.8) is 0 Å². The smallest absolute Gasteiger partial charge is 0.337 e. The predicted octanol–water partition coefficient (Wildman–Crippen LogP) is 3.72. The van der Waals surface area contributed by atoms with Gasteiger partial charge in [0.15, 0.2) is 6.61 Å². The molecule has 1 amide bonds. The monoisotopic (exact) mass is 369 g/mol. The first kappa shape index (κ1) is 17.9. The van der Waals surface area contributed by atoms with Gasteiger partial charge in [0.25, 0.3) is 5.91 Å². The van der Waals surface area contributed by atoms with Crippen molar-refractivity contribution in [2.75, 3.05) is 19.0 Å². The highest BCUT2D eigenvalue weighted by atomic mass is 35.5. The summed E-state index contributed by atoms with van der Waals surface area (Å²) in [7, 11) is 1.55. The van der Waals surface area contributed by atoms with E-state index in [1.165, 1.54) is 12.1 Å². The van der Waals surface area contributed by atoms with Gasteiger partial charge in [-0.05, 0) is 36.4 Å². The van der Waals surface area contributed by atoms with Crippen LogP contribution in [0.4, 0.5) is 5.69 Å². The van der Waals surface area contributed by atoms with Crippen molar-refractivity contribution in [2.45, 2.75) is 0 Å². The zero-order chi connectivity index (χ0) is 17.7. The van der Waals surface area contributed by atoms with Crippen LogP contribution in [0.3, 0.4) is 0 Å². The molecule has 0 saturated carbocycles. The molecule has 0 bridgehead atoms. The van der Waals surface area contributed by atoms with E-state index in [1.807, 2.05) is 0 Å². The normalized spacial score (nSPS) is 10.1. The topological polar surface area (TPSA) is 84.9 Å². The summed E-state index contributed by atoms with van der Waals surface area (Å²) in [6.07, 6.45) is 0. The van der Waals surface area contributed by atoms with Gasteiger partial charge in [-0.1, -0.05) is 23.2 Å². The lowest BCUT2D eigenvalue weighted by atomic mass is 10.2. The number of ether oxygens (including phenoxy) is 2. The summed E-state index contributed by atoms with van der Waals surface area (Å²) in [6.45, 7) is -0.270. The van der Waals surface area contributed by atoms with Crippen molar-refractivity contribution in [1.29, 1.82) is 0 Å². The third-order valence-electron chi connectivity index (χ3n) is 2.99. The maximum absolute atomic E-state index is 11.9. The number of carboxylic acid groups (broad SMARTS) is 1. The molecule has 8 heteroatoms. The highest BCUT2D eigenvalue weighted by Crippen LogP contribution is 2.29. The van der Waals surface area contributed by atoms with E-state index in [-0.39, 0.29) is 27.9 Å². The van der Waals surface area contributed by atoms with Gasteiger partial charge in [-0.2, -0.15) is 0 Å². The third-order valence-corrected chi connectivity index (χ3v) is 3.62. The number of aromatic carboxylic acids is 1. The Bertz CT molecular complexity index is 762. The fourth-order valence-electron chi connectivity index (χ4n) is 1.82. The molecular formula is C16H13Cl2NO5. The Morgan fingerprint density at radius 1 is 1.08 bits per heavy atom. The summed E-state index contributed by atoms with van der Waals surface area (Å²) < 4.78 is 10.3. The van der Waals surface area contributed by atoms with Gasteiger partial charge in [0.2, 0.25) is 0 Å². The van der Waals surface area contributed by atoms with Gasteiger partial charge in [-0.15, -0.1) is 0 Å². The zero-order valence-electron chi connectivity index (χ0n) is 12.5. The van der Waals surface area contributed by atoms with E-state index in [1.54, 1.807) is 31.4 Å². The number of hydrogen-bond acceptors (Lipinski definition) is 4. The number of rotatable bonds is 6. The van der Waals surface area contributed by atoms with Crippen molar-refractivity contribution < 1.29 is 24.2 Å². The number of carbonyl (C=O) groups excluding carboxylic acids is 1. The molecule has 2 aromatic rings. The fraction of sp³-hybridized carbons (Fsp3) is 0.125. The number of hydrogen-bond donors (Lipinski definition) is 2. The van der Waals surface area contributed by atoms with E-state index in [0.29, 0.717) is 11.5 Å². The lowest BCUT2D eigenvalue weighted by Gasteiger charge is -2.10. The standard InChI is InChI=1S/C16H13Cl2NO5/c1-23-9-2-4-10(5-3-9)24-8-15(20)19-14-6-11(16(21)22)12(17)7-13(14)18/h2-7H,8H2,1H3,(H,19,20)(H,21,22). The van der Waals surface area contributed by atoms with Crippen LogP contribution in [0, 0.1) is 0 Å². The first-order valence-electron chi connectivity index (χ1n) is 6.69. The first-order valence-corrected chi connectivity index (χ1v) is 7.45. The van der Waals surface area contributed by atoms with E-state index in [2.05, 4.69) is 5.32 Å². The van der Waals surface area contributed by atoms with Crippen LogP contribution in [0.5, 0.6) is 11.5 Å². The van der Waals surface area contributed by atoms with E-state index in [4.69, 9.17) is 37.8 Å². The zero-order valence-corrected chi connectivity index (χ0v) is 14.0. The molecule has 6 nitrogen and oxygen atoms in total. The third kappa shape index (κ3) is 4.53. The van der Waals surface area contributed by atoms with Crippen molar-refractivity contribution in [1.82, 2.24) is 0 Å². The molecule has 126 valence electrons. The minimum Gasteiger partial charge on any atom is -0.497 e. The van der Waals surface area contributed by atoms with Crippen LogP contribution >= 0.6 is 23.2 Å².